The lowest BCUT2D eigenvalue weighted by Crippen LogP contribution is -2.17. The molecule has 0 atom stereocenters. The molecule has 2 aromatic carbocycles. The predicted octanol–water partition coefficient (Wildman–Crippen LogP) is 3.13. The summed E-state index contributed by atoms with van der Waals surface area (Å²) in [6, 6.07) is 12.6. The minimum Gasteiger partial charge on any atom is -0.406 e. The molecule has 1 heterocycles. The largest absolute Gasteiger partial charge is 0.573 e. The van der Waals surface area contributed by atoms with Crippen LogP contribution >= 0.6 is 0 Å². The first-order valence-electron chi connectivity index (χ1n) is 7.06. The average Bonchev–Trinajstić information content (AvgIpc) is 3.05. The minimum absolute atomic E-state index is 0.297. The van der Waals surface area contributed by atoms with E-state index in [1.807, 2.05) is 24.3 Å². The minimum atomic E-state index is -4.72. The number of hydrogen-bond acceptors (Lipinski definition) is 5. The summed E-state index contributed by atoms with van der Waals surface area (Å²) in [7, 11) is 0. The number of hydrazone groups is 1. The molecule has 0 aliphatic rings. The summed E-state index contributed by atoms with van der Waals surface area (Å²) in [5.41, 5.74) is 2.18. The Morgan fingerprint density at radius 1 is 1.04 bits per heavy atom. The maximum Gasteiger partial charge on any atom is 0.573 e. The van der Waals surface area contributed by atoms with Gasteiger partial charge >= 0.3 is 6.36 Å². The van der Waals surface area contributed by atoms with Crippen molar-refractivity contribution < 1.29 is 17.9 Å². The Labute approximate surface area is 140 Å². The molecule has 3 aromatic rings. The molecule has 9 heteroatoms. The van der Waals surface area contributed by atoms with E-state index in [9.17, 15) is 13.2 Å². The van der Waals surface area contributed by atoms with Gasteiger partial charge < -0.3 is 10.6 Å². The Kier molecular flexibility index (Phi) is 4.38. The van der Waals surface area contributed by atoms with Crippen molar-refractivity contribution >= 4 is 6.21 Å². The fourth-order valence-electron chi connectivity index (χ4n) is 2.12. The first kappa shape index (κ1) is 16.5. The highest BCUT2D eigenvalue weighted by Crippen LogP contribution is 2.24. The topological polar surface area (TPSA) is 78.3 Å². The van der Waals surface area contributed by atoms with E-state index in [2.05, 4.69) is 19.9 Å². The molecule has 25 heavy (non-hydrogen) atoms. The van der Waals surface area contributed by atoms with Crippen LogP contribution in [0.4, 0.5) is 13.2 Å². The smallest absolute Gasteiger partial charge is 0.406 e. The number of rotatable bonds is 4. The third-order valence-corrected chi connectivity index (χ3v) is 3.22. The number of alkyl halides is 3. The zero-order chi connectivity index (χ0) is 17.9. The average molecular weight is 347 g/mol. The van der Waals surface area contributed by atoms with Gasteiger partial charge in [0, 0.05) is 5.56 Å². The molecule has 0 fully saturated rings. The predicted molar refractivity (Wildman–Crippen MR) is 85.3 cm³/mol. The molecule has 1 aromatic heterocycles. The van der Waals surface area contributed by atoms with Crippen molar-refractivity contribution in [1.82, 2.24) is 14.8 Å². The van der Waals surface area contributed by atoms with Gasteiger partial charge in [0.15, 0.2) is 5.82 Å². The Bertz CT molecular complexity index is 870. The number of hydrogen-bond donors (Lipinski definition) is 1. The van der Waals surface area contributed by atoms with Crippen LogP contribution in [-0.2, 0) is 0 Å². The van der Waals surface area contributed by atoms with Crippen LogP contribution in [0.5, 0.6) is 5.75 Å². The fraction of sp³-hybridized carbons (Fsp3) is 0.0625. The number of nitrogens with two attached hydrogens (primary N) is 1. The summed E-state index contributed by atoms with van der Waals surface area (Å²) in [6.45, 7) is 0. The van der Waals surface area contributed by atoms with Crippen LogP contribution in [0.25, 0.3) is 17.1 Å². The molecule has 0 spiro atoms. The van der Waals surface area contributed by atoms with E-state index in [1.165, 1.54) is 41.5 Å². The third kappa shape index (κ3) is 4.14. The molecule has 0 aliphatic heterocycles. The Morgan fingerprint density at radius 3 is 2.32 bits per heavy atom. The highest BCUT2D eigenvalue weighted by molar-refractivity contribution is 5.80. The van der Waals surface area contributed by atoms with Crippen LogP contribution in [0, 0.1) is 0 Å². The maximum atomic E-state index is 12.2. The third-order valence-electron chi connectivity index (χ3n) is 3.22. The van der Waals surface area contributed by atoms with Crippen LogP contribution < -0.4 is 10.6 Å². The molecule has 0 saturated carbocycles. The van der Waals surface area contributed by atoms with Gasteiger partial charge in [-0.1, -0.05) is 24.3 Å². The second kappa shape index (κ2) is 6.63. The van der Waals surface area contributed by atoms with Gasteiger partial charge in [0.2, 0.25) is 0 Å². The molecule has 0 unspecified atom stereocenters. The maximum absolute atomic E-state index is 12.2. The first-order chi connectivity index (χ1) is 11.9. The van der Waals surface area contributed by atoms with Gasteiger partial charge in [0.05, 0.1) is 11.9 Å². The normalized spacial score (nSPS) is 11.8. The molecule has 128 valence electrons. The summed E-state index contributed by atoms with van der Waals surface area (Å²) in [4.78, 5) is 4.20. The van der Waals surface area contributed by atoms with E-state index in [-0.39, 0.29) is 5.75 Å². The van der Waals surface area contributed by atoms with E-state index in [1.54, 1.807) is 0 Å². The van der Waals surface area contributed by atoms with Crippen molar-refractivity contribution in [1.29, 1.82) is 0 Å². The van der Waals surface area contributed by atoms with E-state index in [0.717, 1.165) is 11.1 Å². The molecule has 6 nitrogen and oxygen atoms in total. The van der Waals surface area contributed by atoms with E-state index in [0.29, 0.717) is 11.5 Å². The highest BCUT2D eigenvalue weighted by Gasteiger charge is 2.30. The number of ether oxygens (including phenoxy) is 1. The Morgan fingerprint density at radius 2 is 1.72 bits per heavy atom. The lowest BCUT2D eigenvalue weighted by Gasteiger charge is -2.09. The van der Waals surface area contributed by atoms with E-state index >= 15 is 0 Å². The summed E-state index contributed by atoms with van der Waals surface area (Å²) in [5.74, 6) is 5.27. The quantitative estimate of drug-likeness (QED) is 0.447. The van der Waals surface area contributed by atoms with Gasteiger partial charge in [0.25, 0.3) is 0 Å². The second-order valence-electron chi connectivity index (χ2n) is 4.95. The molecular weight excluding hydrogens is 335 g/mol. The van der Waals surface area contributed by atoms with Crippen LogP contribution in [0.1, 0.15) is 5.56 Å². The molecule has 0 bridgehead atoms. The van der Waals surface area contributed by atoms with Crippen LogP contribution in [-0.4, -0.2) is 27.3 Å². The molecule has 2 N–H and O–H groups in total. The highest BCUT2D eigenvalue weighted by atomic mass is 19.4. The van der Waals surface area contributed by atoms with Crippen molar-refractivity contribution in [2.45, 2.75) is 6.36 Å². The standard InChI is InChI=1S/C16H12F3N5O/c17-16(18,19)25-14-7-5-13(6-8-14)24-10-21-15(23-24)12-3-1-11(2-4-12)9-22-20/h1-10H,20H2/b22-9+. The number of aromatic nitrogens is 3. The second-order valence-corrected chi connectivity index (χ2v) is 4.95. The van der Waals surface area contributed by atoms with E-state index < -0.39 is 6.36 Å². The van der Waals surface area contributed by atoms with Gasteiger partial charge in [-0.05, 0) is 29.8 Å². The monoisotopic (exact) mass is 347 g/mol. The Hall–Kier alpha value is -3.36. The van der Waals surface area contributed by atoms with Gasteiger partial charge in [-0.15, -0.1) is 18.3 Å². The number of halogens is 3. The lowest BCUT2D eigenvalue weighted by molar-refractivity contribution is -0.274. The molecule has 0 saturated heterocycles. The summed E-state index contributed by atoms with van der Waals surface area (Å²) in [5, 5.41) is 7.76. The fourth-order valence-corrected chi connectivity index (χ4v) is 2.12. The molecule has 0 aliphatic carbocycles. The van der Waals surface area contributed by atoms with Crippen molar-refractivity contribution in [2.75, 3.05) is 0 Å². The number of nitrogens with zero attached hydrogens (tertiary/aromatic N) is 4. The van der Waals surface area contributed by atoms with Gasteiger partial charge in [-0.2, -0.15) is 5.10 Å². The number of benzene rings is 2. The molecular formula is C16H12F3N5O. The van der Waals surface area contributed by atoms with E-state index in [4.69, 9.17) is 5.84 Å². The van der Waals surface area contributed by atoms with Crippen molar-refractivity contribution in [3.8, 4) is 22.8 Å². The molecule has 3 rings (SSSR count). The lowest BCUT2D eigenvalue weighted by atomic mass is 10.1. The summed E-state index contributed by atoms with van der Waals surface area (Å²) >= 11 is 0. The molecule has 0 amide bonds. The van der Waals surface area contributed by atoms with Crippen molar-refractivity contribution in [3.63, 3.8) is 0 Å². The van der Waals surface area contributed by atoms with Crippen molar-refractivity contribution in [3.05, 3.63) is 60.4 Å². The van der Waals surface area contributed by atoms with Gasteiger partial charge in [-0.25, -0.2) is 9.67 Å². The SMILES string of the molecule is N/N=C/c1ccc(-c2ncn(-c3ccc(OC(F)(F)F)cc3)n2)cc1. The zero-order valence-electron chi connectivity index (χ0n) is 12.7. The van der Waals surface area contributed by atoms with Gasteiger partial charge in [-0.3, -0.25) is 0 Å². The van der Waals surface area contributed by atoms with Crippen LogP contribution in [0.15, 0.2) is 60.0 Å². The molecule has 0 radical (unpaired) electrons. The summed E-state index contributed by atoms with van der Waals surface area (Å²) in [6.07, 6.45) is -1.73. The van der Waals surface area contributed by atoms with Crippen LogP contribution in [0.2, 0.25) is 0 Å². The Balaban J connectivity index is 1.79. The summed E-state index contributed by atoms with van der Waals surface area (Å²) < 4.78 is 41.8. The van der Waals surface area contributed by atoms with Crippen molar-refractivity contribution in [2.24, 2.45) is 10.9 Å². The van der Waals surface area contributed by atoms with Gasteiger partial charge in [0.1, 0.15) is 12.1 Å². The first-order valence-corrected chi connectivity index (χ1v) is 7.06. The zero-order valence-corrected chi connectivity index (χ0v) is 12.7. The van der Waals surface area contributed by atoms with Crippen LogP contribution in [0.3, 0.4) is 0 Å².